The number of H-pyrrole nitrogens is 1. The summed E-state index contributed by atoms with van der Waals surface area (Å²) in [4.78, 5) is 20.6. The van der Waals surface area contributed by atoms with Gasteiger partial charge in [-0.1, -0.05) is 25.1 Å². The summed E-state index contributed by atoms with van der Waals surface area (Å²) in [5, 5.41) is 8.59. The number of hydrogen-bond donors (Lipinski definition) is 2. The lowest BCUT2D eigenvalue weighted by Crippen LogP contribution is -2.14. The Balaban J connectivity index is 1.82. The molecule has 1 aromatic carbocycles. The lowest BCUT2D eigenvalue weighted by atomic mass is 10.0. The number of fused-ring (bicyclic) bond motifs is 2. The van der Waals surface area contributed by atoms with E-state index in [9.17, 15) is 4.79 Å². The fraction of sp³-hybridized carbons (Fsp3) is 0.211. The van der Waals surface area contributed by atoms with Gasteiger partial charge in [0.2, 0.25) is 0 Å². The van der Waals surface area contributed by atoms with Crippen molar-refractivity contribution < 1.29 is 9.32 Å². The van der Waals surface area contributed by atoms with Crippen LogP contribution < -0.4 is 5.32 Å². The lowest BCUT2D eigenvalue weighted by molar-refractivity contribution is 0.102. The second-order valence-electron chi connectivity index (χ2n) is 6.40. The maximum atomic E-state index is 13.0. The zero-order valence-corrected chi connectivity index (χ0v) is 14.3. The number of benzene rings is 1. The standard InChI is InChI=1S/C19H18N4O2/c1-10(2)16-9-13(17-11(3)23-25-19(17)22-16)18(24)21-15-6-4-5-14-12(15)7-8-20-14/h4-10,20H,1-3H3,(H,21,24). The fourth-order valence-corrected chi connectivity index (χ4v) is 2.97. The number of aromatic amines is 1. The molecule has 3 aromatic heterocycles. The Labute approximate surface area is 144 Å². The number of pyridine rings is 1. The Bertz CT molecular complexity index is 1090. The highest BCUT2D eigenvalue weighted by molar-refractivity contribution is 6.14. The van der Waals surface area contributed by atoms with Gasteiger partial charge in [-0.05, 0) is 37.1 Å². The van der Waals surface area contributed by atoms with E-state index >= 15 is 0 Å². The van der Waals surface area contributed by atoms with E-state index < -0.39 is 0 Å². The second kappa shape index (κ2) is 5.73. The first-order chi connectivity index (χ1) is 12.0. The van der Waals surface area contributed by atoms with E-state index in [4.69, 9.17) is 4.52 Å². The van der Waals surface area contributed by atoms with Crippen LogP contribution in [0.4, 0.5) is 5.69 Å². The lowest BCUT2D eigenvalue weighted by Gasteiger charge is -2.10. The predicted octanol–water partition coefficient (Wildman–Crippen LogP) is 4.39. The fourth-order valence-electron chi connectivity index (χ4n) is 2.97. The molecule has 3 heterocycles. The predicted molar refractivity (Wildman–Crippen MR) is 96.9 cm³/mol. The zero-order chi connectivity index (χ0) is 17.6. The van der Waals surface area contributed by atoms with Crippen molar-refractivity contribution in [3.05, 3.63) is 53.5 Å². The third-order valence-corrected chi connectivity index (χ3v) is 4.32. The summed E-state index contributed by atoms with van der Waals surface area (Å²) in [6.07, 6.45) is 1.85. The number of nitrogens with one attached hydrogen (secondary N) is 2. The van der Waals surface area contributed by atoms with Gasteiger partial charge in [0, 0.05) is 22.8 Å². The van der Waals surface area contributed by atoms with Gasteiger partial charge in [-0.15, -0.1) is 0 Å². The number of hydrogen-bond acceptors (Lipinski definition) is 4. The van der Waals surface area contributed by atoms with E-state index in [1.807, 2.05) is 57.3 Å². The summed E-state index contributed by atoms with van der Waals surface area (Å²) in [7, 11) is 0. The van der Waals surface area contributed by atoms with Crippen LogP contribution in [0.5, 0.6) is 0 Å². The highest BCUT2D eigenvalue weighted by Crippen LogP contribution is 2.27. The van der Waals surface area contributed by atoms with Crippen LogP contribution in [0.2, 0.25) is 0 Å². The highest BCUT2D eigenvalue weighted by atomic mass is 16.5. The molecule has 6 nitrogen and oxygen atoms in total. The molecule has 0 unspecified atom stereocenters. The molecule has 4 aromatic rings. The first-order valence-electron chi connectivity index (χ1n) is 8.19. The van der Waals surface area contributed by atoms with Crippen molar-refractivity contribution in [2.45, 2.75) is 26.7 Å². The van der Waals surface area contributed by atoms with E-state index in [1.165, 1.54) is 0 Å². The number of aryl methyl sites for hydroxylation is 1. The first-order valence-corrected chi connectivity index (χ1v) is 8.19. The van der Waals surface area contributed by atoms with E-state index in [1.54, 1.807) is 0 Å². The minimum absolute atomic E-state index is 0.175. The SMILES string of the molecule is Cc1noc2nc(C(C)C)cc(C(=O)Nc3cccc4[nH]ccc34)c12. The molecular formula is C19H18N4O2. The number of rotatable bonds is 3. The van der Waals surface area contributed by atoms with E-state index in [0.717, 1.165) is 22.3 Å². The van der Waals surface area contributed by atoms with Crippen LogP contribution >= 0.6 is 0 Å². The van der Waals surface area contributed by atoms with Crippen molar-refractivity contribution in [3.63, 3.8) is 0 Å². The largest absolute Gasteiger partial charge is 0.361 e. The van der Waals surface area contributed by atoms with Crippen LogP contribution in [0.25, 0.3) is 22.0 Å². The van der Waals surface area contributed by atoms with Gasteiger partial charge in [0.15, 0.2) is 0 Å². The van der Waals surface area contributed by atoms with Gasteiger partial charge >= 0.3 is 0 Å². The van der Waals surface area contributed by atoms with Crippen LogP contribution in [0.3, 0.4) is 0 Å². The molecule has 6 heteroatoms. The quantitative estimate of drug-likeness (QED) is 0.582. The number of amides is 1. The second-order valence-corrected chi connectivity index (χ2v) is 6.40. The van der Waals surface area contributed by atoms with Crippen LogP contribution in [0.15, 0.2) is 41.1 Å². The maximum absolute atomic E-state index is 13.0. The molecule has 4 rings (SSSR count). The van der Waals surface area contributed by atoms with Crippen molar-refractivity contribution in [1.82, 2.24) is 15.1 Å². The number of aromatic nitrogens is 3. The van der Waals surface area contributed by atoms with Gasteiger partial charge in [-0.25, -0.2) is 4.98 Å². The molecule has 1 amide bonds. The van der Waals surface area contributed by atoms with E-state index in [-0.39, 0.29) is 11.8 Å². The third-order valence-electron chi connectivity index (χ3n) is 4.32. The van der Waals surface area contributed by atoms with Gasteiger partial charge in [0.25, 0.3) is 11.6 Å². The molecule has 0 aliphatic carbocycles. The average Bonchev–Trinajstić information content (AvgIpc) is 3.21. The van der Waals surface area contributed by atoms with Gasteiger partial charge in [0.05, 0.1) is 22.3 Å². The van der Waals surface area contributed by atoms with Crippen molar-refractivity contribution in [3.8, 4) is 0 Å². The molecule has 0 fully saturated rings. The minimum atomic E-state index is -0.200. The van der Waals surface area contributed by atoms with Crippen molar-refractivity contribution in [1.29, 1.82) is 0 Å². The average molecular weight is 334 g/mol. The van der Waals surface area contributed by atoms with Crippen LogP contribution in [0.1, 0.15) is 41.5 Å². The molecule has 0 atom stereocenters. The number of nitrogens with zero attached hydrogens (tertiary/aromatic N) is 2. The Morgan fingerprint density at radius 1 is 1.28 bits per heavy atom. The van der Waals surface area contributed by atoms with Crippen LogP contribution in [0, 0.1) is 6.92 Å². The summed E-state index contributed by atoms with van der Waals surface area (Å²) in [6.45, 7) is 5.87. The number of anilines is 1. The summed E-state index contributed by atoms with van der Waals surface area (Å²) < 4.78 is 5.29. The smallest absolute Gasteiger partial charge is 0.259 e. The first kappa shape index (κ1) is 15.4. The maximum Gasteiger partial charge on any atom is 0.259 e. The Hall–Kier alpha value is -3.15. The molecule has 126 valence electrons. The van der Waals surface area contributed by atoms with E-state index in [2.05, 4.69) is 20.4 Å². The molecule has 0 spiro atoms. The molecule has 0 aliphatic heterocycles. The molecule has 0 aliphatic rings. The Morgan fingerprint density at radius 2 is 2.12 bits per heavy atom. The Kier molecular flexibility index (Phi) is 3.53. The molecule has 0 saturated carbocycles. The van der Waals surface area contributed by atoms with Crippen LogP contribution in [-0.4, -0.2) is 21.0 Å². The summed E-state index contributed by atoms with van der Waals surface area (Å²) in [5.74, 6) is -0.0243. The molecule has 2 N–H and O–H groups in total. The topological polar surface area (TPSA) is 83.8 Å². The summed E-state index contributed by atoms with van der Waals surface area (Å²) in [6, 6.07) is 9.52. The molecule has 0 bridgehead atoms. The van der Waals surface area contributed by atoms with E-state index in [0.29, 0.717) is 22.4 Å². The summed E-state index contributed by atoms with van der Waals surface area (Å²) >= 11 is 0. The number of carbonyl (C=O) groups excluding carboxylic acids is 1. The van der Waals surface area contributed by atoms with Gasteiger partial charge in [0.1, 0.15) is 0 Å². The van der Waals surface area contributed by atoms with Crippen molar-refractivity contribution in [2.75, 3.05) is 5.32 Å². The van der Waals surface area contributed by atoms with Gasteiger partial charge in [-0.2, -0.15) is 0 Å². The summed E-state index contributed by atoms with van der Waals surface area (Å²) in [5.41, 5.74) is 4.11. The number of carbonyl (C=O) groups is 1. The van der Waals surface area contributed by atoms with Crippen LogP contribution in [-0.2, 0) is 0 Å². The Morgan fingerprint density at radius 3 is 2.92 bits per heavy atom. The molecular weight excluding hydrogens is 316 g/mol. The van der Waals surface area contributed by atoms with Crippen molar-refractivity contribution >= 4 is 33.6 Å². The monoisotopic (exact) mass is 334 g/mol. The molecule has 0 saturated heterocycles. The molecule has 25 heavy (non-hydrogen) atoms. The minimum Gasteiger partial charge on any atom is -0.361 e. The van der Waals surface area contributed by atoms with Crippen molar-refractivity contribution in [2.24, 2.45) is 0 Å². The highest BCUT2D eigenvalue weighted by Gasteiger charge is 2.20. The normalized spacial score (nSPS) is 11.5. The zero-order valence-electron chi connectivity index (χ0n) is 14.3. The molecule has 0 radical (unpaired) electrons. The third kappa shape index (κ3) is 2.55. The van der Waals surface area contributed by atoms with Gasteiger partial charge < -0.3 is 14.8 Å². The van der Waals surface area contributed by atoms with Gasteiger partial charge in [-0.3, -0.25) is 4.79 Å².